The van der Waals surface area contributed by atoms with E-state index in [0.29, 0.717) is 0 Å². The molecule has 5 heteroatoms. The number of carbonyl (C=O) groups is 1. The van der Waals surface area contributed by atoms with Gasteiger partial charge in [-0.15, -0.1) is 0 Å². The highest BCUT2D eigenvalue weighted by Gasteiger charge is 2.42. The predicted molar refractivity (Wildman–Crippen MR) is 53.6 cm³/mol. The van der Waals surface area contributed by atoms with Crippen molar-refractivity contribution in [2.45, 2.75) is 39.2 Å². The second-order valence-corrected chi connectivity index (χ2v) is 5.21. The van der Waals surface area contributed by atoms with Crippen molar-refractivity contribution in [2.24, 2.45) is 11.1 Å². The van der Waals surface area contributed by atoms with Gasteiger partial charge in [0.05, 0.1) is 12.6 Å². The van der Waals surface area contributed by atoms with Gasteiger partial charge in [0, 0.05) is 13.0 Å². The molecule has 1 heterocycles. The second-order valence-electron chi connectivity index (χ2n) is 5.21. The molecule has 1 saturated heterocycles. The van der Waals surface area contributed by atoms with Crippen LogP contribution in [0.2, 0.25) is 0 Å². The molecule has 2 N–H and O–H groups in total. The lowest BCUT2D eigenvalue weighted by molar-refractivity contribution is -0.135. The predicted octanol–water partition coefficient (Wildman–Crippen LogP) is 1.23. The summed E-state index contributed by atoms with van der Waals surface area (Å²) in [7, 11) is 0. The Morgan fingerprint density at radius 2 is 2.00 bits per heavy atom. The molecule has 0 aromatic rings. The Hall–Kier alpha value is -0.710. The van der Waals surface area contributed by atoms with Gasteiger partial charge >= 0.3 is 0 Å². The first-order valence-corrected chi connectivity index (χ1v) is 5.06. The molecule has 0 unspecified atom stereocenters. The fourth-order valence-electron chi connectivity index (χ4n) is 1.49. The number of likely N-dealkylation sites (tertiary alicyclic amines) is 1. The standard InChI is InChI=1S/C10H18F2N2O/c1-9(2,3)7(13)8(15)14-5-4-10(11,12)6-14/h7H,4-6,13H2,1-3H3/t7-/m1/s1. The maximum Gasteiger partial charge on any atom is 0.267 e. The molecule has 0 aliphatic carbocycles. The Morgan fingerprint density at radius 3 is 2.33 bits per heavy atom. The largest absolute Gasteiger partial charge is 0.335 e. The molecule has 1 aliphatic heterocycles. The fourth-order valence-corrected chi connectivity index (χ4v) is 1.49. The number of rotatable bonds is 1. The zero-order chi connectivity index (χ0) is 11.9. The molecule has 3 nitrogen and oxygen atoms in total. The second kappa shape index (κ2) is 3.70. The summed E-state index contributed by atoms with van der Waals surface area (Å²) < 4.78 is 25.8. The van der Waals surface area contributed by atoms with Crippen LogP contribution >= 0.6 is 0 Å². The molecule has 1 amide bonds. The van der Waals surface area contributed by atoms with E-state index in [0.717, 1.165) is 4.90 Å². The van der Waals surface area contributed by atoms with Gasteiger partial charge in [0.1, 0.15) is 0 Å². The van der Waals surface area contributed by atoms with Crippen LogP contribution in [0, 0.1) is 5.41 Å². The van der Waals surface area contributed by atoms with E-state index in [2.05, 4.69) is 0 Å². The number of nitrogens with zero attached hydrogens (tertiary/aromatic N) is 1. The zero-order valence-electron chi connectivity index (χ0n) is 9.39. The van der Waals surface area contributed by atoms with Crippen LogP contribution in [0.25, 0.3) is 0 Å². The Balaban J connectivity index is 2.64. The number of halogens is 2. The highest BCUT2D eigenvalue weighted by atomic mass is 19.3. The normalized spacial score (nSPS) is 22.9. The number of amides is 1. The molecular formula is C10H18F2N2O. The summed E-state index contributed by atoms with van der Waals surface area (Å²) in [6.07, 6.45) is -0.254. The van der Waals surface area contributed by atoms with Gasteiger partial charge < -0.3 is 10.6 Å². The topological polar surface area (TPSA) is 46.3 Å². The summed E-state index contributed by atoms with van der Waals surface area (Å²) in [4.78, 5) is 12.9. The quantitative estimate of drug-likeness (QED) is 0.722. The van der Waals surface area contributed by atoms with E-state index in [4.69, 9.17) is 5.73 Å². The van der Waals surface area contributed by atoms with Crippen molar-refractivity contribution in [1.82, 2.24) is 4.90 Å². The van der Waals surface area contributed by atoms with Crippen molar-refractivity contribution in [1.29, 1.82) is 0 Å². The molecule has 0 saturated carbocycles. The monoisotopic (exact) mass is 220 g/mol. The molecule has 0 spiro atoms. The third-order valence-corrected chi connectivity index (χ3v) is 2.68. The number of hydrogen-bond donors (Lipinski definition) is 1. The molecule has 1 fully saturated rings. The van der Waals surface area contributed by atoms with Crippen molar-refractivity contribution in [2.75, 3.05) is 13.1 Å². The van der Waals surface area contributed by atoms with Crippen LogP contribution in [-0.2, 0) is 4.79 Å². The van der Waals surface area contributed by atoms with E-state index >= 15 is 0 Å². The molecule has 0 aromatic heterocycles. The van der Waals surface area contributed by atoms with E-state index in [9.17, 15) is 13.6 Å². The summed E-state index contributed by atoms with van der Waals surface area (Å²) in [5.41, 5.74) is 5.33. The Labute approximate surface area is 88.6 Å². The van der Waals surface area contributed by atoms with Crippen molar-refractivity contribution >= 4 is 5.91 Å². The SMILES string of the molecule is CC(C)(C)[C@H](N)C(=O)N1CCC(F)(F)C1. The molecule has 0 bridgehead atoms. The average molecular weight is 220 g/mol. The first kappa shape index (κ1) is 12.4. The Bertz CT molecular complexity index is 261. The van der Waals surface area contributed by atoms with Crippen LogP contribution < -0.4 is 5.73 Å². The molecule has 88 valence electrons. The summed E-state index contributed by atoms with van der Waals surface area (Å²) in [6.45, 7) is 5.09. The van der Waals surface area contributed by atoms with Gasteiger partial charge in [0.25, 0.3) is 5.92 Å². The summed E-state index contributed by atoms with van der Waals surface area (Å²) in [6, 6.07) is -0.716. The van der Waals surface area contributed by atoms with Gasteiger partial charge in [-0.2, -0.15) is 0 Å². The number of alkyl halides is 2. The lowest BCUT2D eigenvalue weighted by Gasteiger charge is -2.29. The van der Waals surface area contributed by atoms with Crippen LogP contribution in [0.1, 0.15) is 27.2 Å². The van der Waals surface area contributed by atoms with Crippen LogP contribution in [-0.4, -0.2) is 35.9 Å². The van der Waals surface area contributed by atoms with E-state index in [1.807, 2.05) is 20.8 Å². The van der Waals surface area contributed by atoms with Crippen molar-refractivity contribution < 1.29 is 13.6 Å². The number of hydrogen-bond acceptors (Lipinski definition) is 2. The molecular weight excluding hydrogens is 202 g/mol. The van der Waals surface area contributed by atoms with Gasteiger partial charge in [-0.3, -0.25) is 4.79 Å². The fraction of sp³-hybridized carbons (Fsp3) is 0.900. The lowest BCUT2D eigenvalue weighted by Crippen LogP contribution is -2.50. The van der Waals surface area contributed by atoms with Gasteiger partial charge in [0.2, 0.25) is 5.91 Å². The van der Waals surface area contributed by atoms with Gasteiger partial charge in [0.15, 0.2) is 0 Å². The number of nitrogens with two attached hydrogens (primary N) is 1. The first-order chi connectivity index (χ1) is 6.63. The summed E-state index contributed by atoms with van der Waals surface area (Å²) >= 11 is 0. The van der Waals surface area contributed by atoms with Gasteiger partial charge in [-0.25, -0.2) is 8.78 Å². The first-order valence-electron chi connectivity index (χ1n) is 5.06. The maximum absolute atomic E-state index is 12.9. The summed E-state index contributed by atoms with van der Waals surface area (Å²) in [5, 5.41) is 0. The molecule has 0 radical (unpaired) electrons. The molecule has 1 rings (SSSR count). The molecule has 0 aromatic carbocycles. The zero-order valence-corrected chi connectivity index (χ0v) is 9.39. The minimum Gasteiger partial charge on any atom is -0.335 e. The highest BCUT2D eigenvalue weighted by Crippen LogP contribution is 2.28. The van der Waals surface area contributed by atoms with Crippen LogP contribution in [0.5, 0.6) is 0 Å². The molecule has 1 atom stereocenters. The molecule has 15 heavy (non-hydrogen) atoms. The van der Waals surface area contributed by atoms with E-state index < -0.39 is 23.9 Å². The van der Waals surface area contributed by atoms with Gasteiger partial charge in [-0.05, 0) is 5.41 Å². The third kappa shape index (κ3) is 2.87. The molecule has 1 aliphatic rings. The Kier molecular flexibility index (Phi) is 3.05. The van der Waals surface area contributed by atoms with Crippen molar-refractivity contribution in [3.05, 3.63) is 0 Å². The van der Waals surface area contributed by atoms with E-state index in [-0.39, 0.29) is 18.9 Å². The van der Waals surface area contributed by atoms with Crippen LogP contribution in [0.4, 0.5) is 8.78 Å². The van der Waals surface area contributed by atoms with Crippen LogP contribution in [0.3, 0.4) is 0 Å². The van der Waals surface area contributed by atoms with Crippen molar-refractivity contribution in [3.8, 4) is 0 Å². The minimum absolute atomic E-state index is 0.107. The highest BCUT2D eigenvalue weighted by molar-refractivity contribution is 5.82. The van der Waals surface area contributed by atoms with Gasteiger partial charge in [-0.1, -0.05) is 20.8 Å². The van der Waals surface area contributed by atoms with Crippen molar-refractivity contribution in [3.63, 3.8) is 0 Å². The van der Waals surface area contributed by atoms with E-state index in [1.54, 1.807) is 0 Å². The smallest absolute Gasteiger partial charge is 0.267 e. The van der Waals surface area contributed by atoms with E-state index in [1.165, 1.54) is 0 Å². The van der Waals surface area contributed by atoms with Crippen LogP contribution in [0.15, 0.2) is 0 Å². The number of carbonyl (C=O) groups excluding carboxylic acids is 1. The average Bonchev–Trinajstić information content (AvgIpc) is 2.42. The Morgan fingerprint density at radius 1 is 1.47 bits per heavy atom. The maximum atomic E-state index is 12.9. The lowest BCUT2D eigenvalue weighted by atomic mass is 9.86. The summed E-state index contributed by atoms with van der Waals surface area (Å²) in [5.74, 6) is -3.12. The minimum atomic E-state index is -2.74. The third-order valence-electron chi connectivity index (χ3n) is 2.68.